The number of hydrogen-bond donors (Lipinski definition) is 3. The molecule has 0 atom stereocenters. The van der Waals surface area contributed by atoms with Crippen LogP contribution < -0.4 is 5.32 Å². The van der Waals surface area contributed by atoms with Gasteiger partial charge in [-0.25, -0.2) is 14.4 Å². The lowest BCUT2D eigenvalue weighted by Crippen LogP contribution is -2.56. The fraction of sp³-hybridized carbons (Fsp3) is 0.769. The number of carboxylic acids is 2. The Balaban J connectivity index is 0.000000315. The highest BCUT2D eigenvalue weighted by molar-refractivity contribution is 6.27. The molecule has 1 saturated carbocycles. The number of carbonyl (C=O) groups is 3. The van der Waals surface area contributed by atoms with Crippen molar-refractivity contribution in [2.45, 2.75) is 44.8 Å². The number of ether oxygens (including phenoxy) is 1. The molecular weight excluding hydrogens is 280 g/mol. The fourth-order valence-corrected chi connectivity index (χ4v) is 2.04. The first-order chi connectivity index (χ1) is 9.57. The second kappa shape index (κ2) is 6.30. The van der Waals surface area contributed by atoms with E-state index < -0.39 is 17.5 Å². The van der Waals surface area contributed by atoms with E-state index in [-0.39, 0.29) is 11.6 Å². The Kier molecular flexibility index (Phi) is 5.16. The molecule has 0 unspecified atom stereocenters. The molecule has 1 aliphatic heterocycles. The van der Waals surface area contributed by atoms with Crippen LogP contribution in [0.25, 0.3) is 0 Å². The van der Waals surface area contributed by atoms with Crippen LogP contribution in [0.15, 0.2) is 0 Å². The molecule has 1 heterocycles. The third kappa shape index (κ3) is 5.22. The number of nitrogens with one attached hydrogen (secondary N) is 1. The molecule has 0 radical (unpaired) electrons. The van der Waals surface area contributed by atoms with Crippen molar-refractivity contribution in [3.05, 3.63) is 0 Å². The fourth-order valence-electron chi connectivity index (χ4n) is 2.04. The van der Waals surface area contributed by atoms with Crippen LogP contribution in [0.3, 0.4) is 0 Å². The van der Waals surface area contributed by atoms with Crippen molar-refractivity contribution in [1.29, 1.82) is 0 Å². The predicted molar refractivity (Wildman–Crippen MR) is 73.0 cm³/mol. The number of aliphatic carboxylic acids is 2. The van der Waals surface area contributed by atoms with Crippen molar-refractivity contribution >= 4 is 18.0 Å². The summed E-state index contributed by atoms with van der Waals surface area (Å²) in [5.41, 5.74) is -0.307. The number of amides is 1. The van der Waals surface area contributed by atoms with Gasteiger partial charge in [0, 0.05) is 19.6 Å². The molecule has 0 aromatic rings. The van der Waals surface area contributed by atoms with Crippen LogP contribution >= 0.6 is 0 Å². The normalized spacial score (nSPS) is 19.3. The van der Waals surface area contributed by atoms with Gasteiger partial charge in [-0.3, -0.25) is 4.90 Å². The third-order valence-electron chi connectivity index (χ3n) is 3.16. The average Bonchev–Trinajstić information content (AvgIpc) is 3.08. The molecule has 0 aromatic heterocycles. The van der Waals surface area contributed by atoms with Crippen molar-refractivity contribution in [3.8, 4) is 0 Å². The van der Waals surface area contributed by atoms with Gasteiger partial charge in [0.1, 0.15) is 5.60 Å². The van der Waals surface area contributed by atoms with Gasteiger partial charge in [-0.15, -0.1) is 0 Å². The monoisotopic (exact) mass is 302 g/mol. The van der Waals surface area contributed by atoms with Crippen LogP contribution in [-0.2, 0) is 14.3 Å². The molecule has 3 N–H and O–H groups in total. The molecule has 0 bridgehead atoms. The molecule has 1 aliphatic carbocycles. The quantitative estimate of drug-likeness (QED) is 0.558. The molecule has 21 heavy (non-hydrogen) atoms. The summed E-state index contributed by atoms with van der Waals surface area (Å²) in [5.74, 6) is -3.65. The van der Waals surface area contributed by atoms with Gasteiger partial charge < -0.3 is 20.3 Å². The summed E-state index contributed by atoms with van der Waals surface area (Å²) in [6.45, 7) is 8.30. The molecule has 2 aliphatic rings. The Labute approximate surface area is 123 Å². The molecule has 120 valence electrons. The zero-order chi connectivity index (χ0) is 16.3. The Morgan fingerprint density at radius 1 is 1.14 bits per heavy atom. The van der Waals surface area contributed by atoms with Gasteiger partial charge in [0.2, 0.25) is 0 Å². The number of carbonyl (C=O) groups excluding carboxylic acids is 1. The topological polar surface area (TPSA) is 116 Å². The van der Waals surface area contributed by atoms with Crippen LogP contribution in [-0.4, -0.2) is 63.9 Å². The lowest BCUT2D eigenvalue weighted by molar-refractivity contribution is -0.159. The molecule has 1 spiro atoms. The largest absolute Gasteiger partial charge is 0.473 e. The zero-order valence-electron chi connectivity index (χ0n) is 12.5. The summed E-state index contributed by atoms with van der Waals surface area (Å²) in [7, 11) is 0. The van der Waals surface area contributed by atoms with Crippen molar-refractivity contribution in [1.82, 2.24) is 10.2 Å². The highest BCUT2D eigenvalue weighted by Gasteiger charge is 2.52. The van der Waals surface area contributed by atoms with Gasteiger partial charge in [0.15, 0.2) is 0 Å². The Morgan fingerprint density at radius 3 is 2.05 bits per heavy atom. The maximum atomic E-state index is 11.9. The summed E-state index contributed by atoms with van der Waals surface area (Å²) in [5, 5.41) is 18.1. The van der Waals surface area contributed by atoms with E-state index in [0.29, 0.717) is 0 Å². The van der Waals surface area contributed by atoms with E-state index in [1.807, 2.05) is 25.7 Å². The smallest absolute Gasteiger partial charge is 0.414 e. The first-order valence-corrected chi connectivity index (χ1v) is 6.75. The van der Waals surface area contributed by atoms with E-state index in [9.17, 15) is 4.79 Å². The summed E-state index contributed by atoms with van der Waals surface area (Å²) < 4.78 is 5.41. The maximum absolute atomic E-state index is 11.9. The van der Waals surface area contributed by atoms with E-state index in [1.54, 1.807) is 0 Å². The van der Waals surface area contributed by atoms with Gasteiger partial charge in [-0.2, -0.15) is 0 Å². The molecule has 8 nitrogen and oxygen atoms in total. The van der Waals surface area contributed by atoms with Crippen molar-refractivity contribution < 1.29 is 29.3 Å². The van der Waals surface area contributed by atoms with Crippen LogP contribution in [0.2, 0.25) is 0 Å². The first-order valence-electron chi connectivity index (χ1n) is 6.75. The summed E-state index contributed by atoms with van der Waals surface area (Å²) in [6.07, 6.45) is 2.07. The minimum atomic E-state index is -1.82. The second-order valence-electron chi connectivity index (χ2n) is 6.14. The molecule has 0 aromatic carbocycles. The minimum absolute atomic E-state index is 0.0839. The lowest BCUT2D eigenvalue weighted by atomic mass is 10.1. The predicted octanol–water partition coefficient (Wildman–Crippen LogP) is 0.515. The third-order valence-corrected chi connectivity index (χ3v) is 3.16. The Bertz CT molecular complexity index is 413. The average molecular weight is 302 g/mol. The summed E-state index contributed by atoms with van der Waals surface area (Å²) in [6, 6.07) is 0. The molecule has 1 amide bonds. The lowest BCUT2D eigenvalue weighted by Gasteiger charge is -2.37. The molecule has 1 saturated heterocycles. The maximum Gasteiger partial charge on any atom is 0.414 e. The highest BCUT2D eigenvalue weighted by Crippen LogP contribution is 2.42. The molecule has 2 fully saturated rings. The van der Waals surface area contributed by atoms with E-state index in [2.05, 4.69) is 5.32 Å². The van der Waals surface area contributed by atoms with E-state index >= 15 is 0 Å². The van der Waals surface area contributed by atoms with Crippen LogP contribution in [0.5, 0.6) is 0 Å². The van der Waals surface area contributed by atoms with Crippen LogP contribution in [0.1, 0.15) is 33.6 Å². The van der Waals surface area contributed by atoms with Gasteiger partial charge >= 0.3 is 18.0 Å². The number of hydrogen-bond acceptors (Lipinski definition) is 5. The number of nitrogens with zero attached hydrogens (tertiary/aromatic N) is 1. The summed E-state index contributed by atoms with van der Waals surface area (Å²) >= 11 is 0. The zero-order valence-corrected chi connectivity index (χ0v) is 12.5. The van der Waals surface area contributed by atoms with Crippen molar-refractivity contribution in [3.63, 3.8) is 0 Å². The van der Waals surface area contributed by atoms with Crippen molar-refractivity contribution in [2.75, 3.05) is 19.6 Å². The van der Waals surface area contributed by atoms with Crippen LogP contribution in [0, 0.1) is 0 Å². The van der Waals surface area contributed by atoms with E-state index in [0.717, 1.165) is 32.5 Å². The summed E-state index contributed by atoms with van der Waals surface area (Å²) in [4.78, 5) is 32.1. The van der Waals surface area contributed by atoms with Gasteiger partial charge in [0.05, 0.1) is 5.54 Å². The van der Waals surface area contributed by atoms with Gasteiger partial charge in [0.25, 0.3) is 0 Å². The Morgan fingerprint density at radius 2 is 1.67 bits per heavy atom. The van der Waals surface area contributed by atoms with Gasteiger partial charge in [-0.05, 0) is 33.6 Å². The molecule has 2 rings (SSSR count). The second-order valence-corrected chi connectivity index (χ2v) is 6.14. The van der Waals surface area contributed by atoms with Crippen LogP contribution in [0.4, 0.5) is 4.79 Å². The highest BCUT2D eigenvalue weighted by atomic mass is 16.6. The SMILES string of the molecule is CC(C)(C)OC(=O)N1CCNCC12CC2.O=C(O)C(=O)O. The standard InChI is InChI=1S/C11H20N2O2.C2H2O4/c1-10(2,3)15-9(14)13-7-6-12-8-11(13)4-5-11;3-1(4)2(5)6/h12H,4-8H2,1-3H3;(H,3,4)(H,5,6). The number of rotatable bonds is 0. The van der Waals surface area contributed by atoms with E-state index in [4.69, 9.17) is 24.5 Å². The van der Waals surface area contributed by atoms with E-state index in [1.165, 1.54) is 0 Å². The van der Waals surface area contributed by atoms with Crippen molar-refractivity contribution in [2.24, 2.45) is 0 Å². The molecular formula is C13H22N2O6. The number of piperazine rings is 1. The number of carboxylic acid groups (broad SMARTS) is 2. The van der Waals surface area contributed by atoms with Gasteiger partial charge in [-0.1, -0.05) is 0 Å². The Hall–Kier alpha value is -1.83. The minimum Gasteiger partial charge on any atom is -0.473 e. The molecule has 8 heteroatoms. The first kappa shape index (κ1) is 17.2.